The monoisotopic (exact) mass is 327 g/mol. The molecule has 2 aromatic rings. The summed E-state index contributed by atoms with van der Waals surface area (Å²) in [5.41, 5.74) is 3.31. The quantitative estimate of drug-likeness (QED) is 0.630. The molecule has 2 N–H and O–H groups in total. The van der Waals surface area contributed by atoms with Crippen molar-refractivity contribution in [3.05, 3.63) is 74.8 Å². The molecule has 0 aliphatic rings. The molecule has 0 saturated carbocycles. The van der Waals surface area contributed by atoms with Gasteiger partial charge in [-0.1, -0.05) is 24.3 Å². The molecule has 0 aliphatic heterocycles. The molecule has 1 atom stereocenters. The van der Waals surface area contributed by atoms with Crippen LogP contribution in [0.15, 0.2) is 42.5 Å². The van der Waals surface area contributed by atoms with E-state index in [-0.39, 0.29) is 22.6 Å². The summed E-state index contributed by atoms with van der Waals surface area (Å²) in [6.45, 7) is 4.30. The standard InChI is InChI=1S/C18H21N3O3/c1-12-4-7-16(10-17(12)21(23)24)13(2)20-11-14-5-8-15(9-6-14)18(22)19-3/h4-10,13,20H,11H2,1-3H3,(H,19,22). The number of aryl methyl sites for hydroxylation is 1. The maximum Gasteiger partial charge on any atom is 0.272 e. The van der Waals surface area contributed by atoms with Crippen molar-refractivity contribution in [3.63, 3.8) is 0 Å². The van der Waals surface area contributed by atoms with Crippen LogP contribution in [-0.4, -0.2) is 17.9 Å². The molecule has 0 fully saturated rings. The fourth-order valence-electron chi connectivity index (χ4n) is 2.40. The molecule has 126 valence electrons. The zero-order valence-electron chi connectivity index (χ0n) is 14.0. The van der Waals surface area contributed by atoms with Crippen molar-refractivity contribution in [1.82, 2.24) is 10.6 Å². The van der Waals surface area contributed by atoms with E-state index < -0.39 is 0 Å². The lowest BCUT2D eigenvalue weighted by molar-refractivity contribution is -0.385. The van der Waals surface area contributed by atoms with Crippen LogP contribution >= 0.6 is 0 Å². The van der Waals surface area contributed by atoms with Gasteiger partial charge in [0, 0.05) is 36.8 Å². The summed E-state index contributed by atoms with van der Waals surface area (Å²) >= 11 is 0. The van der Waals surface area contributed by atoms with E-state index in [4.69, 9.17) is 0 Å². The van der Waals surface area contributed by atoms with Gasteiger partial charge in [-0.2, -0.15) is 0 Å². The van der Waals surface area contributed by atoms with Crippen LogP contribution < -0.4 is 10.6 Å². The Labute approximate surface area is 141 Å². The van der Waals surface area contributed by atoms with E-state index in [0.29, 0.717) is 17.7 Å². The minimum atomic E-state index is -0.358. The van der Waals surface area contributed by atoms with Crippen molar-refractivity contribution in [2.75, 3.05) is 7.05 Å². The molecule has 24 heavy (non-hydrogen) atoms. The Morgan fingerprint density at radius 2 is 1.88 bits per heavy atom. The summed E-state index contributed by atoms with van der Waals surface area (Å²) in [7, 11) is 1.60. The summed E-state index contributed by atoms with van der Waals surface area (Å²) in [5.74, 6) is -0.116. The molecule has 2 rings (SSSR count). The lowest BCUT2D eigenvalue weighted by Crippen LogP contribution is -2.19. The first-order valence-electron chi connectivity index (χ1n) is 7.71. The number of rotatable bonds is 6. The van der Waals surface area contributed by atoms with Gasteiger partial charge in [0.2, 0.25) is 0 Å². The summed E-state index contributed by atoms with van der Waals surface area (Å²) in [6.07, 6.45) is 0. The van der Waals surface area contributed by atoms with Crippen LogP contribution in [0.2, 0.25) is 0 Å². The van der Waals surface area contributed by atoms with E-state index in [0.717, 1.165) is 11.1 Å². The van der Waals surface area contributed by atoms with Gasteiger partial charge in [-0.15, -0.1) is 0 Å². The van der Waals surface area contributed by atoms with Gasteiger partial charge in [-0.05, 0) is 37.1 Å². The smallest absolute Gasteiger partial charge is 0.272 e. The zero-order chi connectivity index (χ0) is 17.7. The molecule has 2 aromatic carbocycles. The van der Waals surface area contributed by atoms with Gasteiger partial charge in [0.05, 0.1) is 4.92 Å². The number of nitrogens with zero attached hydrogens (tertiary/aromatic N) is 1. The molecule has 0 aromatic heterocycles. The number of carbonyl (C=O) groups is 1. The van der Waals surface area contributed by atoms with Crippen molar-refractivity contribution < 1.29 is 9.72 Å². The Morgan fingerprint density at radius 1 is 1.21 bits per heavy atom. The van der Waals surface area contributed by atoms with Crippen LogP contribution in [0.1, 0.15) is 40.0 Å². The van der Waals surface area contributed by atoms with Crippen molar-refractivity contribution in [2.45, 2.75) is 26.4 Å². The Bertz CT molecular complexity index is 742. The molecule has 1 unspecified atom stereocenters. The van der Waals surface area contributed by atoms with Crippen LogP contribution in [0, 0.1) is 17.0 Å². The van der Waals surface area contributed by atoms with Crippen LogP contribution in [0.4, 0.5) is 5.69 Å². The van der Waals surface area contributed by atoms with Crippen molar-refractivity contribution in [2.24, 2.45) is 0 Å². The summed E-state index contributed by atoms with van der Waals surface area (Å²) in [4.78, 5) is 22.2. The number of nitro benzene ring substituents is 1. The number of nitro groups is 1. The molecule has 6 nitrogen and oxygen atoms in total. The molecule has 0 saturated heterocycles. The molecule has 0 heterocycles. The Kier molecular flexibility index (Phi) is 5.65. The minimum Gasteiger partial charge on any atom is -0.355 e. The molecule has 0 aliphatic carbocycles. The topological polar surface area (TPSA) is 84.3 Å². The second-order valence-corrected chi connectivity index (χ2v) is 5.68. The fourth-order valence-corrected chi connectivity index (χ4v) is 2.40. The Balaban J connectivity index is 2.03. The highest BCUT2D eigenvalue weighted by atomic mass is 16.6. The van der Waals surface area contributed by atoms with Gasteiger partial charge in [-0.3, -0.25) is 14.9 Å². The third-order valence-corrected chi connectivity index (χ3v) is 3.99. The van der Waals surface area contributed by atoms with E-state index >= 15 is 0 Å². The van der Waals surface area contributed by atoms with Crippen molar-refractivity contribution >= 4 is 11.6 Å². The third-order valence-electron chi connectivity index (χ3n) is 3.99. The maximum absolute atomic E-state index is 11.5. The average molecular weight is 327 g/mol. The second-order valence-electron chi connectivity index (χ2n) is 5.68. The van der Waals surface area contributed by atoms with E-state index in [1.54, 1.807) is 38.2 Å². The average Bonchev–Trinajstić information content (AvgIpc) is 2.59. The SMILES string of the molecule is CNC(=O)c1ccc(CNC(C)c2ccc(C)c([N+](=O)[O-])c2)cc1. The van der Waals surface area contributed by atoms with Gasteiger partial charge in [-0.25, -0.2) is 0 Å². The number of nitrogens with one attached hydrogen (secondary N) is 2. The highest BCUT2D eigenvalue weighted by Crippen LogP contribution is 2.23. The van der Waals surface area contributed by atoms with E-state index in [1.165, 1.54) is 0 Å². The first-order valence-corrected chi connectivity index (χ1v) is 7.71. The van der Waals surface area contributed by atoms with E-state index in [1.807, 2.05) is 25.1 Å². The molecule has 6 heteroatoms. The summed E-state index contributed by atoms with van der Waals surface area (Å²) < 4.78 is 0. The Hall–Kier alpha value is -2.73. The van der Waals surface area contributed by atoms with Crippen molar-refractivity contribution in [3.8, 4) is 0 Å². The number of amides is 1. The van der Waals surface area contributed by atoms with E-state index in [2.05, 4.69) is 10.6 Å². The number of benzene rings is 2. The van der Waals surface area contributed by atoms with Crippen LogP contribution in [0.3, 0.4) is 0 Å². The van der Waals surface area contributed by atoms with Crippen LogP contribution in [0.5, 0.6) is 0 Å². The molecule has 0 radical (unpaired) electrons. The van der Waals surface area contributed by atoms with Crippen LogP contribution in [-0.2, 0) is 6.54 Å². The first kappa shape index (κ1) is 17.6. The molecule has 0 bridgehead atoms. The number of hydrogen-bond acceptors (Lipinski definition) is 4. The predicted molar refractivity (Wildman–Crippen MR) is 92.9 cm³/mol. The van der Waals surface area contributed by atoms with Gasteiger partial charge < -0.3 is 10.6 Å². The number of carbonyl (C=O) groups excluding carboxylic acids is 1. The highest BCUT2D eigenvalue weighted by molar-refractivity contribution is 5.93. The summed E-state index contributed by atoms with van der Waals surface area (Å²) in [6, 6.07) is 12.6. The van der Waals surface area contributed by atoms with Gasteiger partial charge >= 0.3 is 0 Å². The first-order chi connectivity index (χ1) is 11.4. The maximum atomic E-state index is 11.5. The normalized spacial score (nSPS) is 11.8. The van der Waals surface area contributed by atoms with Gasteiger partial charge in [0.1, 0.15) is 0 Å². The lowest BCUT2D eigenvalue weighted by atomic mass is 10.0. The van der Waals surface area contributed by atoms with Gasteiger partial charge in [0.25, 0.3) is 11.6 Å². The Morgan fingerprint density at radius 3 is 2.46 bits per heavy atom. The van der Waals surface area contributed by atoms with E-state index in [9.17, 15) is 14.9 Å². The third kappa shape index (κ3) is 4.17. The fraction of sp³-hybridized carbons (Fsp3) is 0.278. The largest absolute Gasteiger partial charge is 0.355 e. The molecular weight excluding hydrogens is 306 g/mol. The highest BCUT2D eigenvalue weighted by Gasteiger charge is 2.14. The molecular formula is C18H21N3O3. The summed E-state index contributed by atoms with van der Waals surface area (Å²) in [5, 5.41) is 17.0. The van der Waals surface area contributed by atoms with Gasteiger partial charge in [0.15, 0.2) is 0 Å². The minimum absolute atomic E-state index is 0.0251. The second kappa shape index (κ2) is 7.70. The lowest BCUT2D eigenvalue weighted by Gasteiger charge is -2.15. The van der Waals surface area contributed by atoms with Crippen molar-refractivity contribution in [1.29, 1.82) is 0 Å². The zero-order valence-corrected chi connectivity index (χ0v) is 14.0. The number of hydrogen-bond donors (Lipinski definition) is 2. The van der Waals surface area contributed by atoms with Crippen LogP contribution in [0.25, 0.3) is 0 Å². The molecule has 1 amide bonds. The molecule has 0 spiro atoms. The predicted octanol–water partition coefficient (Wildman–Crippen LogP) is 3.11.